The lowest BCUT2D eigenvalue weighted by atomic mass is 9.93. The van der Waals surface area contributed by atoms with Crippen molar-refractivity contribution in [2.75, 3.05) is 5.32 Å². The van der Waals surface area contributed by atoms with Crippen molar-refractivity contribution in [3.63, 3.8) is 0 Å². The van der Waals surface area contributed by atoms with Crippen molar-refractivity contribution < 1.29 is 14.7 Å². The number of hydrogen-bond acceptors (Lipinski definition) is 3. The molecule has 0 saturated carbocycles. The predicted molar refractivity (Wildman–Crippen MR) is 69.9 cm³/mol. The summed E-state index contributed by atoms with van der Waals surface area (Å²) < 4.78 is 0. The van der Waals surface area contributed by atoms with Gasteiger partial charge in [0.2, 0.25) is 5.91 Å². The van der Waals surface area contributed by atoms with E-state index in [4.69, 9.17) is 5.11 Å². The summed E-state index contributed by atoms with van der Waals surface area (Å²) in [7, 11) is 0. The Morgan fingerprint density at radius 1 is 1.32 bits per heavy atom. The first kappa shape index (κ1) is 13.3. The molecule has 0 spiro atoms. The first-order chi connectivity index (χ1) is 9.18. The molecule has 0 radical (unpaired) electrons. The van der Waals surface area contributed by atoms with Crippen molar-refractivity contribution in [2.24, 2.45) is 5.92 Å². The van der Waals surface area contributed by atoms with Gasteiger partial charge in [-0.1, -0.05) is 12.2 Å². The zero-order valence-electron chi connectivity index (χ0n) is 10.6. The van der Waals surface area contributed by atoms with Crippen LogP contribution in [0.15, 0.2) is 18.3 Å². The molecule has 1 aliphatic rings. The van der Waals surface area contributed by atoms with Crippen LogP contribution in [0.4, 0.5) is 5.69 Å². The molecule has 102 valence electrons. The molecule has 1 aliphatic carbocycles. The van der Waals surface area contributed by atoms with Crippen LogP contribution in [0.5, 0.6) is 0 Å². The number of nitrogens with zero attached hydrogens (tertiary/aromatic N) is 1. The van der Waals surface area contributed by atoms with Gasteiger partial charge in [-0.3, -0.25) is 9.89 Å². The summed E-state index contributed by atoms with van der Waals surface area (Å²) in [5.41, 5.74) is 0.147. The number of aromatic amines is 1. The lowest BCUT2D eigenvalue weighted by molar-refractivity contribution is -0.120. The van der Waals surface area contributed by atoms with Crippen LogP contribution in [0.25, 0.3) is 0 Å². The van der Waals surface area contributed by atoms with Gasteiger partial charge in [-0.2, -0.15) is 5.10 Å². The Balaban J connectivity index is 2.01. The standard InChI is InChI=1S/C13H17N3O3/c17-12(9-6-4-2-1-3-5-7-9)15-10-8-14-16-11(10)13(18)19/h1-2,8-9H,3-7H2,(H,14,16)(H,15,17)(H,18,19)/b2-1-. The van der Waals surface area contributed by atoms with E-state index < -0.39 is 5.97 Å². The summed E-state index contributed by atoms with van der Waals surface area (Å²) in [4.78, 5) is 23.0. The van der Waals surface area contributed by atoms with Crippen LogP contribution in [0.3, 0.4) is 0 Å². The molecule has 1 aromatic rings. The van der Waals surface area contributed by atoms with Crippen LogP contribution in [-0.2, 0) is 4.79 Å². The molecule has 6 heteroatoms. The van der Waals surface area contributed by atoms with Crippen LogP contribution in [0.1, 0.15) is 42.6 Å². The molecule has 1 amide bonds. The molecule has 0 aliphatic heterocycles. The summed E-state index contributed by atoms with van der Waals surface area (Å²) >= 11 is 0. The second-order valence-corrected chi connectivity index (χ2v) is 4.63. The number of carboxylic acids is 1. The zero-order chi connectivity index (χ0) is 13.7. The second-order valence-electron chi connectivity index (χ2n) is 4.63. The summed E-state index contributed by atoms with van der Waals surface area (Å²) in [6.45, 7) is 0. The lowest BCUT2D eigenvalue weighted by Crippen LogP contribution is -2.24. The highest BCUT2D eigenvalue weighted by atomic mass is 16.4. The van der Waals surface area contributed by atoms with E-state index in [1.165, 1.54) is 6.20 Å². The van der Waals surface area contributed by atoms with Crippen LogP contribution >= 0.6 is 0 Å². The summed E-state index contributed by atoms with van der Waals surface area (Å²) in [5, 5.41) is 17.6. The molecule has 0 saturated heterocycles. The number of H-pyrrole nitrogens is 1. The van der Waals surface area contributed by atoms with Gasteiger partial charge in [-0.15, -0.1) is 0 Å². The Morgan fingerprint density at radius 2 is 2.11 bits per heavy atom. The van der Waals surface area contributed by atoms with Gasteiger partial charge in [-0.05, 0) is 32.1 Å². The number of amides is 1. The minimum absolute atomic E-state index is 0.0681. The molecule has 1 unspecified atom stereocenters. The van der Waals surface area contributed by atoms with E-state index in [0.717, 1.165) is 32.1 Å². The fourth-order valence-corrected chi connectivity index (χ4v) is 2.20. The van der Waals surface area contributed by atoms with Gasteiger partial charge < -0.3 is 10.4 Å². The minimum Gasteiger partial charge on any atom is -0.476 e. The quantitative estimate of drug-likeness (QED) is 0.728. The highest BCUT2D eigenvalue weighted by Crippen LogP contribution is 2.21. The van der Waals surface area contributed by atoms with Crippen LogP contribution in [0.2, 0.25) is 0 Å². The Morgan fingerprint density at radius 3 is 2.89 bits per heavy atom. The molecule has 2 rings (SSSR count). The van der Waals surface area contributed by atoms with E-state index in [2.05, 4.69) is 27.7 Å². The highest BCUT2D eigenvalue weighted by molar-refractivity contribution is 5.99. The fraction of sp³-hybridized carbons (Fsp3) is 0.462. The maximum atomic E-state index is 12.1. The smallest absolute Gasteiger partial charge is 0.356 e. The molecule has 3 N–H and O–H groups in total. The molecule has 1 heterocycles. The van der Waals surface area contributed by atoms with E-state index in [0.29, 0.717) is 0 Å². The predicted octanol–water partition coefficient (Wildman–Crippen LogP) is 2.18. The van der Waals surface area contributed by atoms with Crippen molar-refractivity contribution in [1.82, 2.24) is 10.2 Å². The maximum Gasteiger partial charge on any atom is 0.356 e. The number of carboxylic acid groups (broad SMARTS) is 1. The number of aromatic carboxylic acids is 1. The number of allylic oxidation sites excluding steroid dienone is 2. The molecule has 6 nitrogen and oxygen atoms in total. The van der Waals surface area contributed by atoms with Gasteiger partial charge in [0.15, 0.2) is 5.69 Å². The van der Waals surface area contributed by atoms with Gasteiger partial charge in [0.25, 0.3) is 0 Å². The van der Waals surface area contributed by atoms with Crippen LogP contribution in [-0.4, -0.2) is 27.2 Å². The van der Waals surface area contributed by atoms with E-state index >= 15 is 0 Å². The molecule has 0 bridgehead atoms. The molecule has 1 aromatic heterocycles. The number of anilines is 1. The SMILES string of the molecule is O=C(O)c1[nH]ncc1NC(=O)C1CC/C=C\CCC1. The molecule has 1 atom stereocenters. The van der Waals surface area contributed by atoms with Crippen molar-refractivity contribution in [2.45, 2.75) is 32.1 Å². The summed E-state index contributed by atoms with van der Waals surface area (Å²) in [6, 6.07) is 0. The highest BCUT2D eigenvalue weighted by Gasteiger charge is 2.21. The first-order valence-corrected chi connectivity index (χ1v) is 6.41. The Hall–Kier alpha value is -2.11. The molecular weight excluding hydrogens is 246 g/mol. The van der Waals surface area contributed by atoms with E-state index in [-0.39, 0.29) is 23.2 Å². The third kappa shape index (κ3) is 3.43. The maximum absolute atomic E-state index is 12.1. The molecular formula is C13H17N3O3. The van der Waals surface area contributed by atoms with E-state index in [9.17, 15) is 9.59 Å². The van der Waals surface area contributed by atoms with E-state index in [1.54, 1.807) is 0 Å². The largest absolute Gasteiger partial charge is 0.476 e. The Bertz CT molecular complexity index is 493. The minimum atomic E-state index is -1.13. The van der Waals surface area contributed by atoms with Crippen LogP contribution in [0, 0.1) is 5.92 Å². The van der Waals surface area contributed by atoms with Crippen molar-refractivity contribution in [1.29, 1.82) is 0 Å². The molecule has 19 heavy (non-hydrogen) atoms. The molecule has 0 fully saturated rings. The Labute approximate surface area is 110 Å². The van der Waals surface area contributed by atoms with Gasteiger partial charge in [0.1, 0.15) is 0 Å². The number of carbonyl (C=O) groups excluding carboxylic acids is 1. The number of carbonyl (C=O) groups is 2. The monoisotopic (exact) mass is 263 g/mol. The number of nitrogens with one attached hydrogen (secondary N) is 2. The topological polar surface area (TPSA) is 95.1 Å². The van der Waals surface area contributed by atoms with Gasteiger partial charge >= 0.3 is 5.97 Å². The third-order valence-electron chi connectivity index (χ3n) is 3.25. The normalized spacial score (nSPS) is 21.2. The summed E-state index contributed by atoms with van der Waals surface area (Å²) in [6.07, 6.45) is 10.0. The van der Waals surface area contributed by atoms with Crippen molar-refractivity contribution in [3.8, 4) is 0 Å². The Kier molecular flexibility index (Phi) is 4.33. The van der Waals surface area contributed by atoms with Crippen molar-refractivity contribution >= 4 is 17.6 Å². The second kappa shape index (κ2) is 6.17. The van der Waals surface area contributed by atoms with Crippen LogP contribution < -0.4 is 5.32 Å². The number of aromatic nitrogens is 2. The average Bonchev–Trinajstić information content (AvgIpc) is 2.76. The number of hydrogen-bond donors (Lipinski definition) is 3. The van der Waals surface area contributed by atoms with E-state index in [1.807, 2.05) is 0 Å². The van der Waals surface area contributed by atoms with Gasteiger partial charge in [-0.25, -0.2) is 4.79 Å². The fourth-order valence-electron chi connectivity index (χ4n) is 2.20. The lowest BCUT2D eigenvalue weighted by Gasteiger charge is -2.16. The van der Waals surface area contributed by atoms with Gasteiger partial charge in [0, 0.05) is 5.92 Å². The molecule has 0 aromatic carbocycles. The first-order valence-electron chi connectivity index (χ1n) is 6.41. The zero-order valence-corrected chi connectivity index (χ0v) is 10.6. The van der Waals surface area contributed by atoms with Crippen molar-refractivity contribution in [3.05, 3.63) is 24.0 Å². The number of rotatable bonds is 3. The third-order valence-corrected chi connectivity index (χ3v) is 3.25. The average molecular weight is 263 g/mol. The summed E-state index contributed by atoms with van der Waals surface area (Å²) in [5.74, 6) is -1.32. The van der Waals surface area contributed by atoms with Gasteiger partial charge in [0.05, 0.1) is 11.9 Å².